The number of nitrogens with zero attached hydrogens (tertiary/aromatic N) is 7. The number of phosphoric ester groups is 1. The van der Waals surface area contributed by atoms with Crippen molar-refractivity contribution in [2.45, 2.75) is 102 Å². The lowest BCUT2D eigenvalue weighted by Crippen LogP contribution is -2.46. The molecule has 6 N–H and O–H groups in total. The molecule has 66 heavy (non-hydrogen) atoms. The van der Waals surface area contributed by atoms with Crippen molar-refractivity contribution in [2.75, 3.05) is 61.0 Å². The number of carbonyl (C=O) groups excluding carboxylic acids is 1. The summed E-state index contributed by atoms with van der Waals surface area (Å²) in [6.45, 7) is 9.16. The van der Waals surface area contributed by atoms with Crippen molar-refractivity contribution in [2.24, 2.45) is 4.99 Å². The average molecular weight is 951 g/mol. The van der Waals surface area contributed by atoms with E-state index in [2.05, 4.69) is 54.1 Å². The van der Waals surface area contributed by atoms with Gasteiger partial charge in [-0.15, -0.1) is 0 Å². The van der Waals surface area contributed by atoms with E-state index in [1.165, 1.54) is 11.9 Å². The van der Waals surface area contributed by atoms with Crippen LogP contribution >= 0.6 is 7.82 Å². The molecule has 2 fully saturated rings. The minimum atomic E-state index is -4.60. The van der Waals surface area contributed by atoms with Gasteiger partial charge >= 0.3 is 7.82 Å². The Labute approximate surface area is 381 Å². The van der Waals surface area contributed by atoms with Gasteiger partial charge in [-0.05, 0) is 64.2 Å². The van der Waals surface area contributed by atoms with E-state index in [1.54, 1.807) is 4.57 Å². The van der Waals surface area contributed by atoms with Crippen LogP contribution in [-0.2, 0) is 39.7 Å². The van der Waals surface area contributed by atoms with E-state index < -0.39 is 53.8 Å². The number of nitrogens with one attached hydrogen (secondary N) is 2. The Morgan fingerprint density at radius 2 is 1.91 bits per heavy atom. The Bertz CT molecular complexity index is 2890. The van der Waals surface area contributed by atoms with Gasteiger partial charge in [0.15, 0.2) is 34.7 Å². The Hall–Kier alpha value is -5.06. The Morgan fingerprint density at radius 1 is 1.11 bits per heavy atom. The van der Waals surface area contributed by atoms with Crippen LogP contribution in [0.2, 0.25) is 0 Å². The molecule has 2 aromatic heterocycles. The number of hydrogen-bond donors (Lipinski definition) is 5. The van der Waals surface area contributed by atoms with E-state index >= 15 is 0 Å². The number of aliphatic hydroxyl groups is 1. The van der Waals surface area contributed by atoms with Crippen LogP contribution < -0.4 is 41.3 Å². The predicted molar refractivity (Wildman–Crippen MR) is 242 cm³/mol. The molecule has 2 saturated heterocycles. The number of fused-ring (bicyclic) bond motifs is 6. The van der Waals surface area contributed by atoms with Gasteiger partial charge in [0.1, 0.15) is 48.8 Å². The summed E-state index contributed by atoms with van der Waals surface area (Å²) < 4.78 is 74.8. The molecule has 0 radical (unpaired) electrons. The number of rotatable bonds is 16. The zero-order chi connectivity index (χ0) is 46.5. The van der Waals surface area contributed by atoms with Crippen molar-refractivity contribution < 1.29 is 50.9 Å². The van der Waals surface area contributed by atoms with Crippen molar-refractivity contribution in [1.29, 1.82) is 0 Å². The molecule has 0 aliphatic carbocycles. The van der Waals surface area contributed by atoms with E-state index in [1.807, 2.05) is 32.1 Å². The molecule has 5 aliphatic heterocycles. The van der Waals surface area contributed by atoms with Crippen LogP contribution in [0.5, 0.6) is 11.5 Å². The zero-order valence-corrected chi connectivity index (χ0v) is 38.7. The van der Waals surface area contributed by atoms with Crippen molar-refractivity contribution in [3.8, 4) is 11.5 Å². The summed E-state index contributed by atoms with van der Waals surface area (Å²) in [6.07, 6.45) is 4.78. The van der Waals surface area contributed by atoms with Crippen LogP contribution in [0.25, 0.3) is 16.7 Å². The lowest BCUT2D eigenvalue weighted by Gasteiger charge is -2.44. The molecule has 0 bridgehead atoms. The van der Waals surface area contributed by atoms with Crippen molar-refractivity contribution in [1.82, 2.24) is 29.4 Å². The largest absolute Gasteiger partial charge is 0.748 e. The fraction of sp³-hybridized carbons (Fsp3) is 0.535. The molecule has 1 unspecified atom stereocenters. The summed E-state index contributed by atoms with van der Waals surface area (Å²) in [7, 11) is -8.93. The minimum absolute atomic E-state index is 0.0785. The molecule has 354 valence electrons. The number of phosphoric acid groups is 1. The minimum Gasteiger partial charge on any atom is -0.748 e. The van der Waals surface area contributed by atoms with Gasteiger partial charge in [-0.3, -0.25) is 18.4 Å². The molecular weight excluding hydrogens is 896 g/mol. The maximum absolute atomic E-state index is 13.0. The number of imidazole rings is 1. The SMILES string of the molecule is CC[N+]1=c2cc3c(cc2CCC1)=Nc1cc2c(cc1O3)N(CCCC(=O)NCCCCCCNc1nc3c(N)ncnc3n1[C@@H]1O[C@@H]3COP(=O)(O)O[C@H]3[C@H]1O)C(C)(C)C=C2CS(=O)(=O)[O-]. The number of amides is 1. The zero-order valence-electron chi connectivity index (χ0n) is 37.0. The van der Waals surface area contributed by atoms with Gasteiger partial charge in [0.25, 0.3) is 0 Å². The lowest BCUT2D eigenvalue weighted by atomic mass is 9.88. The maximum Gasteiger partial charge on any atom is 0.472 e. The van der Waals surface area contributed by atoms with Crippen LogP contribution in [0.1, 0.15) is 83.1 Å². The second kappa shape index (κ2) is 18.2. The summed E-state index contributed by atoms with van der Waals surface area (Å²) in [4.78, 5) is 42.8. The van der Waals surface area contributed by atoms with Crippen LogP contribution in [0.3, 0.4) is 0 Å². The second-order valence-corrected chi connectivity index (χ2v) is 20.6. The fourth-order valence-corrected chi connectivity index (χ4v) is 11.2. The summed E-state index contributed by atoms with van der Waals surface area (Å²) in [5, 5.41) is 19.3. The predicted octanol–water partition coefficient (Wildman–Crippen LogP) is 2.79. The summed E-state index contributed by atoms with van der Waals surface area (Å²) >= 11 is 0. The van der Waals surface area contributed by atoms with Crippen LogP contribution in [-0.4, -0.2) is 117 Å². The van der Waals surface area contributed by atoms with E-state index in [4.69, 9.17) is 29.2 Å². The van der Waals surface area contributed by atoms with Gasteiger partial charge in [-0.25, -0.2) is 37.5 Å². The average Bonchev–Trinajstić information content (AvgIpc) is 3.78. The van der Waals surface area contributed by atoms with E-state index in [9.17, 15) is 32.3 Å². The Kier molecular flexibility index (Phi) is 12.7. The number of hydrogen-bond acceptors (Lipinski definition) is 17. The van der Waals surface area contributed by atoms with E-state index in [0.29, 0.717) is 82.5 Å². The van der Waals surface area contributed by atoms with Gasteiger partial charge in [0, 0.05) is 55.4 Å². The summed E-state index contributed by atoms with van der Waals surface area (Å²) in [6, 6.07) is 7.81. The highest BCUT2D eigenvalue weighted by atomic mass is 32.2. The fourth-order valence-electron chi connectivity index (χ4n) is 9.60. The van der Waals surface area contributed by atoms with E-state index in [-0.39, 0.29) is 24.8 Å². The number of ether oxygens (including phenoxy) is 2. The first-order valence-electron chi connectivity index (χ1n) is 22.4. The highest BCUT2D eigenvalue weighted by Crippen LogP contribution is 2.53. The topological polar surface area (TPSA) is 281 Å². The first kappa shape index (κ1) is 46.1. The second-order valence-electron chi connectivity index (χ2n) is 17.8. The molecule has 5 atom stereocenters. The summed E-state index contributed by atoms with van der Waals surface area (Å²) in [5.41, 5.74) is 9.50. The molecule has 9 rings (SSSR count). The van der Waals surface area contributed by atoms with Crippen LogP contribution in [0, 0.1) is 0 Å². The molecule has 0 saturated carbocycles. The third kappa shape index (κ3) is 9.42. The molecule has 23 heteroatoms. The highest BCUT2D eigenvalue weighted by molar-refractivity contribution is 7.86. The smallest absolute Gasteiger partial charge is 0.472 e. The Morgan fingerprint density at radius 3 is 2.70 bits per heavy atom. The van der Waals surface area contributed by atoms with Crippen molar-refractivity contribution in [3.63, 3.8) is 0 Å². The standard InChI is InChI=1S/C43H55N10O11PS/c1-4-51-15-9-11-25-17-28-32(19-30(25)51)62-33-20-31-27(18-29(33)49-28)26(23-66(58,59)60)21-43(2,3)52(31)16-10-12-35(54)45-13-7-5-6-8-14-46-42-50-36-39(44)47-24-48-40(36)53(42)41-37(55)38-34(63-41)22-61-65(56,57)64-38/h17-21,24,34,37-38,41,44,49,55H,4-16,22-23H2,1-3H3,(H3,45,54,56,57,58,59,60)/t34-,37-,38-,41-/m1/s1. The Balaban J connectivity index is 0.780. The number of aromatic nitrogens is 4. The molecule has 5 aliphatic rings. The number of anilines is 3. The number of nitrogens with two attached hydrogens (primary N) is 1. The van der Waals surface area contributed by atoms with Crippen molar-refractivity contribution in [3.05, 3.63) is 58.5 Å². The van der Waals surface area contributed by atoms with Gasteiger partial charge in [-0.1, -0.05) is 18.9 Å². The number of carbonyl (C=O) groups is 1. The van der Waals surface area contributed by atoms with Gasteiger partial charge in [0.05, 0.1) is 34.1 Å². The first-order valence-corrected chi connectivity index (χ1v) is 25.5. The van der Waals surface area contributed by atoms with Gasteiger partial charge in [-0.2, -0.15) is 0 Å². The van der Waals surface area contributed by atoms with Crippen molar-refractivity contribution >= 4 is 63.7 Å². The first-order chi connectivity index (χ1) is 31.5. The van der Waals surface area contributed by atoms with E-state index in [0.717, 1.165) is 57.0 Å². The lowest BCUT2D eigenvalue weighted by molar-refractivity contribution is -0.121. The number of aliphatic hydroxyl groups excluding tert-OH is 1. The normalized spacial score (nSPS) is 24.0. The quantitative estimate of drug-likeness (QED) is 0.0411. The molecule has 21 nitrogen and oxygen atoms in total. The van der Waals surface area contributed by atoms with Crippen LogP contribution in [0.4, 0.5) is 23.1 Å². The molecule has 7 heterocycles. The monoisotopic (exact) mass is 950 g/mol. The number of aryl methyl sites for hydroxylation is 1. The maximum atomic E-state index is 13.0. The summed E-state index contributed by atoms with van der Waals surface area (Å²) in [5.74, 6) is 0.901. The number of nitrogen functional groups attached to an aromatic ring is 1. The van der Waals surface area contributed by atoms with Gasteiger partial charge < -0.3 is 45.3 Å². The number of unbranched alkanes of at least 4 members (excludes halogenated alkanes) is 3. The third-order valence-electron chi connectivity index (χ3n) is 12.7. The van der Waals surface area contributed by atoms with Crippen LogP contribution in [0.15, 0.2) is 41.7 Å². The molecule has 0 spiro atoms. The molecule has 2 aromatic carbocycles. The third-order valence-corrected chi connectivity index (χ3v) is 14.4. The molecular formula is C43H55N10O11PS. The molecule has 4 aromatic rings. The molecule has 1 amide bonds. The number of benzene rings is 2. The van der Waals surface area contributed by atoms with Gasteiger partial charge in [0.2, 0.25) is 17.2 Å². The highest BCUT2D eigenvalue weighted by Gasteiger charge is 2.53.